The van der Waals surface area contributed by atoms with Gasteiger partial charge in [0.25, 0.3) is 5.91 Å². The highest BCUT2D eigenvalue weighted by Crippen LogP contribution is 2.31. The Morgan fingerprint density at radius 3 is 2.59 bits per heavy atom. The van der Waals surface area contributed by atoms with Gasteiger partial charge in [-0.1, -0.05) is 42.0 Å². The third-order valence-electron chi connectivity index (χ3n) is 4.68. The van der Waals surface area contributed by atoms with E-state index in [0.29, 0.717) is 33.7 Å². The van der Waals surface area contributed by atoms with Crippen molar-refractivity contribution in [3.05, 3.63) is 94.3 Å². The van der Waals surface area contributed by atoms with Crippen molar-refractivity contribution in [1.82, 2.24) is 0 Å². The Kier molecular flexibility index (Phi) is 4.87. The summed E-state index contributed by atoms with van der Waals surface area (Å²) in [7, 11) is 1.53. The van der Waals surface area contributed by atoms with E-state index in [4.69, 9.17) is 9.15 Å². The molecular weight excluding hydrogens is 366 g/mol. The lowest BCUT2D eigenvalue weighted by atomic mass is 10.0. The molecule has 0 bridgehead atoms. The average molecular weight is 385 g/mol. The van der Waals surface area contributed by atoms with E-state index < -0.39 is 5.63 Å². The summed E-state index contributed by atoms with van der Waals surface area (Å²) in [5.41, 5.74) is 3.15. The molecule has 0 aliphatic carbocycles. The van der Waals surface area contributed by atoms with Crippen molar-refractivity contribution >= 4 is 22.6 Å². The van der Waals surface area contributed by atoms with E-state index in [9.17, 15) is 9.59 Å². The van der Waals surface area contributed by atoms with E-state index in [1.807, 2.05) is 43.3 Å². The molecule has 5 nitrogen and oxygen atoms in total. The molecule has 5 heteroatoms. The lowest BCUT2D eigenvalue weighted by Crippen LogP contribution is -2.13. The van der Waals surface area contributed by atoms with E-state index in [1.54, 1.807) is 36.4 Å². The van der Waals surface area contributed by atoms with Crippen LogP contribution < -0.4 is 15.7 Å². The Labute approximate surface area is 167 Å². The number of ether oxygens (including phenoxy) is 1. The first kappa shape index (κ1) is 18.5. The van der Waals surface area contributed by atoms with Crippen LogP contribution in [0.1, 0.15) is 15.9 Å². The van der Waals surface area contributed by atoms with E-state index in [2.05, 4.69) is 5.32 Å². The van der Waals surface area contributed by atoms with Crippen molar-refractivity contribution < 1.29 is 13.9 Å². The van der Waals surface area contributed by atoms with Crippen LogP contribution in [0.2, 0.25) is 0 Å². The Balaban J connectivity index is 1.75. The van der Waals surface area contributed by atoms with E-state index in [-0.39, 0.29) is 5.91 Å². The molecule has 0 spiro atoms. The first-order chi connectivity index (χ1) is 14.0. The van der Waals surface area contributed by atoms with Gasteiger partial charge in [0, 0.05) is 10.9 Å². The summed E-state index contributed by atoms with van der Waals surface area (Å²) in [4.78, 5) is 25.2. The van der Waals surface area contributed by atoms with Crippen molar-refractivity contribution in [2.45, 2.75) is 6.92 Å². The molecule has 0 saturated heterocycles. The summed E-state index contributed by atoms with van der Waals surface area (Å²) >= 11 is 0. The molecule has 1 heterocycles. The molecule has 1 amide bonds. The SMILES string of the molecule is COc1ccc(-c2cc3ccccc3oc2=O)cc1NC(=O)c1cccc(C)c1. The number of benzene rings is 3. The summed E-state index contributed by atoms with van der Waals surface area (Å²) < 4.78 is 10.8. The molecule has 0 aliphatic rings. The summed E-state index contributed by atoms with van der Waals surface area (Å²) in [6.07, 6.45) is 0. The van der Waals surface area contributed by atoms with Crippen LogP contribution in [-0.4, -0.2) is 13.0 Å². The predicted molar refractivity (Wildman–Crippen MR) is 114 cm³/mol. The Bertz CT molecular complexity index is 1270. The second-order valence-electron chi connectivity index (χ2n) is 6.72. The maximum atomic E-state index is 12.7. The molecule has 3 aromatic carbocycles. The molecule has 4 rings (SSSR count). The zero-order valence-electron chi connectivity index (χ0n) is 16.1. The Morgan fingerprint density at radius 2 is 1.79 bits per heavy atom. The van der Waals surface area contributed by atoms with Crippen LogP contribution in [0, 0.1) is 6.92 Å². The third kappa shape index (κ3) is 3.75. The monoisotopic (exact) mass is 385 g/mol. The minimum Gasteiger partial charge on any atom is -0.495 e. The number of fused-ring (bicyclic) bond motifs is 1. The van der Waals surface area contributed by atoms with Gasteiger partial charge in [-0.25, -0.2) is 4.79 Å². The predicted octanol–water partition coefficient (Wildman–Crippen LogP) is 5.03. The maximum Gasteiger partial charge on any atom is 0.344 e. The van der Waals surface area contributed by atoms with Crippen LogP contribution in [-0.2, 0) is 0 Å². The van der Waals surface area contributed by atoms with E-state index in [1.165, 1.54) is 7.11 Å². The van der Waals surface area contributed by atoms with Gasteiger partial charge in [-0.2, -0.15) is 0 Å². The fraction of sp³-hybridized carbons (Fsp3) is 0.0833. The number of nitrogens with one attached hydrogen (secondary N) is 1. The number of carbonyl (C=O) groups excluding carboxylic acids is 1. The van der Waals surface area contributed by atoms with Gasteiger partial charge in [-0.05, 0) is 48.9 Å². The molecule has 1 aromatic heterocycles. The number of rotatable bonds is 4. The number of carbonyl (C=O) groups is 1. The minimum absolute atomic E-state index is 0.255. The van der Waals surface area contributed by atoms with Gasteiger partial charge >= 0.3 is 5.63 Å². The number of amides is 1. The highest BCUT2D eigenvalue weighted by atomic mass is 16.5. The maximum absolute atomic E-state index is 12.7. The second kappa shape index (κ2) is 7.64. The smallest absolute Gasteiger partial charge is 0.344 e. The number of methoxy groups -OCH3 is 1. The second-order valence-corrected chi connectivity index (χ2v) is 6.72. The molecule has 0 aliphatic heterocycles. The molecular formula is C24H19NO4. The molecule has 0 radical (unpaired) electrons. The van der Waals surface area contributed by atoms with Gasteiger partial charge in [0.15, 0.2) is 0 Å². The van der Waals surface area contributed by atoms with Gasteiger partial charge in [-0.15, -0.1) is 0 Å². The van der Waals surface area contributed by atoms with Crippen molar-refractivity contribution in [2.24, 2.45) is 0 Å². The molecule has 4 aromatic rings. The summed E-state index contributed by atoms with van der Waals surface area (Å²) in [5, 5.41) is 3.70. The van der Waals surface area contributed by atoms with E-state index >= 15 is 0 Å². The zero-order chi connectivity index (χ0) is 20.4. The molecule has 29 heavy (non-hydrogen) atoms. The number of aryl methyl sites for hydroxylation is 1. The fourth-order valence-corrected chi connectivity index (χ4v) is 3.22. The fourth-order valence-electron chi connectivity index (χ4n) is 3.22. The van der Waals surface area contributed by atoms with Crippen LogP contribution in [0.4, 0.5) is 5.69 Å². The third-order valence-corrected chi connectivity index (χ3v) is 4.68. The summed E-state index contributed by atoms with van der Waals surface area (Å²) in [5.74, 6) is 0.245. The molecule has 0 atom stereocenters. The Morgan fingerprint density at radius 1 is 0.966 bits per heavy atom. The first-order valence-electron chi connectivity index (χ1n) is 9.14. The number of para-hydroxylation sites is 1. The summed E-state index contributed by atoms with van der Waals surface area (Å²) in [6, 6.07) is 21.6. The largest absolute Gasteiger partial charge is 0.495 e. The normalized spacial score (nSPS) is 10.7. The number of anilines is 1. The van der Waals surface area contributed by atoms with Crippen molar-refractivity contribution in [3.8, 4) is 16.9 Å². The average Bonchev–Trinajstić information content (AvgIpc) is 2.73. The van der Waals surface area contributed by atoms with Gasteiger partial charge in [0.1, 0.15) is 11.3 Å². The van der Waals surface area contributed by atoms with Gasteiger partial charge in [0.2, 0.25) is 0 Å². The van der Waals surface area contributed by atoms with Crippen molar-refractivity contribution in [1.29, 1.82) is 0 Å². The zero-order valence-corrected chi connectivity index (χ0v) is 16.1. The summed E-state index contributed by atoms with van der Waals surface area (Å²) in [6.45, 7) is 1.93. The van der Waals surface area contributed by atoms with Crippen LogP contribution in [0.5, 0.6) is 5.75 Å². The molecule has 144 valence electrons. The van der Waals surface area contributed by atoms with Crippen LogP contribution in [0.25, 0.3) is 22.1 Å². The number of hydrogen-bond donors (Lipinski definition) is 1. The van der Waals surface area contributed by atoms with Gasteiger partial charge in [0.05, 0.1) is 18.4 Å². The van der Waals surface area contributed by atoms with Crippen LogP contribution in [0.3, 0.4) is 0 Å². The van der Waals surface area contributed by atoms with Crippen LogP contribution >= 0.6 is 0 Å². The minimum atomic E-state index is -0.440. The van der Waals surface area contributed by atoms with Gasteiger partial charge in [-0.3, -0.25) is 4.79 Å². The van der Waals surface area contributed by atoms with Crippen LogP contribution in [0.15, 0.2) is 82.0 Å². The molecule has 0 saturated carbocycles. The first-order valence-corrected chi connectivity index (χ1v) is 9.14. The van der Waals surface area contributed by atoms with Crippen molar-refractivity contribution in [3.63, 3.8) is 0 Å². The van der Waals surface area contributed by atoms with Gasteiger partial charge < -0.3 is 14.5 Å². The van der Waals surface area contributed by atoms with Crippen molar-refractivity contribution in [2.75, 3.05) is 12.4 Å². The lowest BCUT2D eigenvalue weighted by Gasteiger charge is -2.12. The van der Waals surface area contributed by atoms with E-state index in [0.717, 1.165) is 10.9 Å². The number of hydrogen-bond acceptors (Lipinski definition) is 4. The standard InChI is InChI=1S/C24H19NO4/c1-15-6-5-8-18(12-15)23(26)25-20-14-16(10-11-22(20)28-2)19-13-17-7-3-4-9-21(17)29-24(19)27/h3-14H,1-2H3,(H,25,26). The highest BCUT2D eigenvalue weighted by Gasteiger charge is 2.14. The lowest BCUT2D eigenvalue weighted by molar-refractivity contribution is 0.102. The molecule has 0 fully saturated rings. The molecule has 0 unspecified atom stereocenters. The molecule has 1 N–H and O–H groups in total. The highest BCUT2D eigenvalue weighted by molar-refractivity contribution is 6.05. The topological polar surface area (TPSA) is 68.5 Å². The quantitative estimate of drug-likeness (QED) is 0.500. The Hall–Kier alpha value is -3.86.